The SMILES string of the molecule is CC(C)(C)c1ccc(C(c2ccc(C(C)(C)C)cc2)[C@H]2C[C@@H](OC(=O)Nc3cccc4c(NC(=O)O[C@H]5CN[C@@H](C(c6ccc(C(C)(C)C)cc6)c6ccc(C(C)(C)C)cc6)C5)cccc34)CN2)cc1. The number of anilines is 2. The van der Waals surface area contributed by atoms with Gasteiger partial charge in [-0.2, -0.15) is 0 Å². The third kappa shape index (κ3) is 11.8. The third-order valence-corrected chi connectivity index (χ3v) is 14.5. The molecule has 2 amide bonds. The van der Waals surface area contributed by atoms with Gasteiger partial charge in [0.15, 0.2) is 0 Å². The first-order chi connectivity index (χ1) is 33.0. The molecule has 0 radical (unpaired) electrons. The van der Waals surface area contributed by atoms with E-state index in [-0.39, 0.29) is 57.8 Å². The number of carbonyl (C=O) groups excluding carboxylic acids is 2. The van der Waals surface area contributed by atoms with Crippen LogP contribution in [-0.2, 0) is 31.1 Å². The molecule has 0 aromatic heterocycles. The summed E-state index contributed by atoms with van der Waals surface area (Å²) in [7, 11) is 0. The highest BCUT2D eigenvalue weighted by molar-refractivity contribution is 6.07. The lowest BCUT2D eigenvalue weighted by atomic mass is 9.80. The summed E-state index contributed by atoms with van der Waals surface area (Å²) in [5.41, 5.74) is 11.5. The number of hydrogen-bond donors (Lipinski definition) is 4. The molecule has 2 heterocycles. The van der Waals surface area contributed by atoms with Crippen molar-refractivity contribution in [2.24, 2.45) is 0 Å². The van der Waals surface area contributed by atoms with Crippen LogP contribution >= 0.6 is 0 Å². The average molecular weight is 941 g/mol. The van der Waals surface area contributed by atoms with Gasteiger partial charge in [0.1, 0.15) is 12.2 Å². The molecule has 0 aliphatic carbocycles. The van der Waals surface area contributed by atoms with E-state index < -0.39 is 12.2 Å². The summed E-state index contributed by atoms with van der Waals surface area (Å²) in [6, 6.07) is 47.5. The van der Waals surface area contributed by atoms with Crippen LogP contribution in [0.15, 0.2) is 133 Å². The summed E-state index contributed by atoms with van der Waals surface area (Å²) in [4.78, 5) is 27.3. The maximum absolute atomic E-state index is 13.7. The van der Waals surface area contributed by atoms with E-state index in [9.17, 15) is 9.59 Å². The van der Waals surface area contributed by atoms with E-state index in [0.717, 1.165) is 10.8 Å². The van der Waals surface area contributed by atoms with Gasteiger partial charge in [0.05, 0.1) is 11.4 Å². The lowest BCUT2D eigenvalue weighted by molar-refractivity contribution is 0.118. The Balaban J connectivity index is 0.916. The van der Waals surface area contributed by atoms with Crippen molar-refractivity contribution in [2.45, 2.75) is 154 Å². The summed E-state index contributed by atoms with van der Waals surface area (Å²) in [6.07, 6.45) is -0.344. The molecule has 4 N–H and O–H groups in total. The Morgan fingerprint density at radius 1 is 0.429 bits per heavy atom. The topological polar surface area (TPSA) is 101 Å². The van der Waals surface area contributed by atoms with Gasteiger partial charge in [-0.15, -0.1) is 0 Å². The molecule has 2 fully saturated rings. The molecule has 0 unspecified atom stereocenters. The largest absolute Gasteiger partial charge is 0.445 e. The van der Waals surface area contributed by atoms with E-state index in [1.54, 1.807) is 0 Å². The van der Waals surface area contributed by atoms with E-state index >= 15 is 0 Å². The fourth-order valence-electron chi connectivity index (χ4n) is 10.3. The lowest BCUT2D eigenvalue weighted by Crippen LogP contribution is -2.30. The number of benzene rings is 6. The van der Waals surface area contributed by atoms with Gasteiger partial charge in [-0.25, -0.2) is 9.59 Å². The number of hydrogen-bond acceptors (Lipinski definition) is 6. The second-order valence-corrected chi connectivity index (χ2v) is 24.0. The highest BCUT2D eigenvalue weighted by atomic mass is 16.6. The van der Waals surface area contributed by atoms with Gasteiger partial charge in [0, 0.05) is 60.6 Å². The minimum Gasteiger partial charge on any atom is -0.445 e. The van der Waals surface area contributed by atoms with Gasteiger partial charge in [0.25, 0.3) is 0 Å². The Bertz CT molecular complexity index is 2450. The van der Waals surface area contributed by atoms with Crippen molar-refractivity contribution in [1.29, 1.82) is 0 Å². The van der Waals surface area contributed by atoms with Crippen LogP contribution in [0.5, 0.6) is 0 Å². The maximum atomic E-state index is 13.7. The third-order valence-electron chi connectivity index (χ3n) is 14.5. The molecular formula is C62H76N4O4. The van der Waals surface area contributed by atoms with Gasteiger partial charge < -0.3 is 20.1 Å². The van der Waals surface area contributed by atoms with E-state index in [2.05, 4.69) is 201 Å². The van der Waals surface area contributed by atoms with Gasteiger partial charge in [-0.3, -0.25) is 10.6 Å². The van der Waals surface area contributed by atoms with Gasteiger partial charge >= 0.3 is 12.2 Å². The van der Waals surface area contributed by atoms with Gasteiger partial charge in [-0.1, -0.05) is 204 Å². The van der Waals surface area contributed by atoms with Crippen LogP contribution in [0.25, 0.3) is 10.8 Å². The minimum absolute atomic E-state index is 0.0537. The molecule has 0 saturated carbocycles. The first kappa shape index (κ1) is 50.4. The van der Waals surface area contributed by atoms with Crippen LogP contribution in [0.1, 0.15) is 152 Å². The Kier molecular flexibility index (Phi) is 14.4. The first-order valence-electron chi connectivity index (χ1n) is 25.4. The molecule has 2 aliphatic rings. The molecule has 6 aromatic carbocycles. The Morgan fingerprint density at radius 2 is 0.700 bits per heavy atom. The Labute approximate surface area is 417 Å². The average Bonchev–Trinajstić information content (AvgIpc) is 3.95. The molecule has 0 bridgehead atoms. The van der Waals surface area contributed by atoms with E-state index in [4.69, 9.17) is 9.47 Å². The summed E-state index contributed by atoms with van der Waals surface area (Å²) in [5.74, 6) is 0.151. The van der Waals surface area contributed by atoms with Crippen molar-refractivity contribution in [3.63, 3.8) is 0 Å². The van der Waals surface area contributed by atoms with Crippen molar-refractivity contribution >= 4 is 34.3 Å². The van der Waals surface area contributed by atoms with Crippen molar-refractivity contribution < 1.29 is 19.1 Å². The molecule has 70 heavy (non-hydrogen) atoms. The summed E-state index contributed by atoms with van der Waals surface area (Å²) in [5, 5.41) is 15.0. The minimum atomic E-state index is -0.518. The highest BCUT2D eigenvalue weighted by Gasteiger charge is 2.37. The van der Waals surface area contributed by atoms with Gasteiger partial charge in [0.2, 0.25) is 0 Å². The van der Waals surface area contributed by atoms with Gasteiger partial charge in [-0.05, 0) is 78.3 Å². The van der Waals surface area contributed by atoms with Crippen LogP contribution in [0.2, 0.25) is 0 Å². The number of fused-ring (bicyclic) bond motifs is 1. The monoisotopic (exact) mass is 941 g/mol. The van der Waals surface area contributed by atoms with E-state index in [0.29, 0.717) is 37.3 Å². The standard InChI is InChI=1S/C62H76N4O4/c1-59(2,3)43-27-19-39(20-28-43)55(40-21-29-44(30-22-40)60(4,5)6)53-35-47(37-63-53)69-57(67)65-51-17-13-16-50-49(51)15-14-18-52(50)66-58(68)70-48-36-54(64-38-48)56(41-23-31-45(32-24-41)61(7,8)9)42-25-33-46(34-26-42)62(10,11)12/h13-34,47-48,53-56,63-64H,35-38H2,1-12H3,(H,65,67)(H,66,68)/t47-,48-,53-,54-/m1/s1. The first-order valence-corrected chi connectivity index (χ1v) is 25.4. The second kappa shape index (κ2) is 20.0. The van der Waals surface area contributed by atoms with Crippen LogP contribution in [0, 0.1) is 0 Å². The molecule has 4 atom stereocenters. The molecule has 0 spiro atoms. The number of amides is 2. The maximum Gasteiger partial charge on any atom is 0.411 e. The van der Waals surface area contributed by atoms with Crippen LogP contribution in [0.3, 0.4) is 0 Å². The summed E-state index contributed by atoms with van der Waals surface area (Å²) >= 11 is 0. The number of ether oxygens (including phenoxy) is 2. The fourth-order valence-corrected chi connectivity index (χ4v) is 10.3. The molecule has 2 aliphatic heterocycles. The van der Waals surface area contributed by atoms with Crippen LogP contribution in [0.4, 0.5) is 21.0 Å². The molecular weight excluding hydrogens is 865 g/mol. The molecule has 6 aromatic rings. The van der Waals surface area contributed by atoms with E-state index in [1.165, 1.54) is 44.5 Å². The Morgan fingerprint density at radius 3 is 0.957 bits per heavy atom. The zero-order valence-corrected chi connectivity index (χ0v) is 43.6. The van der Waals surface area contributed by atoms with Crippen LogP contribution < -0.4 is 21.3 Å². The second-order valence-electron chi connectivity index (χ2n) is 24.0. The molecule has 368 valence electrons. The normalized spacial score (nSPS) is 18.9. The van der Waals surface area contributed by atoms with Crippen molar-refractivity contribution in [2.75, 3.05) is 23.7 Å². The van der Waals surface area contributed by atoms with Crippen molar-refractivity contribution in [1.82, 2.24) is 10.6 Å². The molecule has 8 heteroatoms. The summed E-state index contributed by atoms with van der Waals surface area (Å²) in [6.45, 7) is 27.9. The predicted molar refractivity (Wildman–Crippen MR) is 289 cm³/mol. The smallest absolute Gasteiger partial charge is 0.411 e. The molecule has 8 rings (SSSR count). The number of carbonyl (C=O) groups is 2. The summed E-state index contributed by atoms with van der Waals surface area (Å²) < 4.78 is 12.2. The predicted octanol–water partition coefficient (Wildman–Crippen LogP) is 14.3. The number of nitrogens with one attached hydrogen (secondary N) is 4. The van der Waals surface area contributed by atoms with Crippen molar-refractivity contribution in [3.05, 3.63) is 178 Å². The quantitative estimate of drug-likeness (QED) is 0.109. The molecule has 8 nitrogen and oxygen atoms in total. The zero-order valence-electron chi connectivity index (χ0n) is 43.6. The Hall–Kier alpha value is -5.96. The number of rotatable bonds is 10. The van der Waals surface area contributed by atoms with E-state index in [1.807, 2.05) is 36.4 Å². The fraction of sp³-hybridized carbons (Fsp3) is 0.419. The van der Waals surface area contributed by atoms with Crippen LogP contribution in [-0.4, -0.2) is 49.6 Å². The molecule has 2 saturated heterocycles. The lowest BCUT2D eigenvalue weighted by Gasteiger charge is -2.27. The highest BCUT2D eigenvalue weighted by Crippen LogP contribution is 2.38. The van der Waals surface area contributed by atoms with Crippen molar-refractivity contribution in [3.8, 4) is 0 Å². The zero-order chi connectivity index (χ0) is 50.2.